The molecule has 1 aliphatic rings. The maximum Gasteiger partial charge on any atom is 0.288 e. The van der Waals surface area contributed by atoms with Crippen molar-refractivity contribution >= 4 is 17.7 Å². The van der Waals surface area contributed by atoms with Gasteiger partial charge in [0.1, 0.15) is 0 Å². The number of benzene rings is 1. The molecule has 0 aromatic heterocycles. The summed E-state index contributed by atoms with van der Waals surface area (Å²) < 4.78 is 25.0. The van der Waals surface area contributed by atoms with Crippen LogP contribution in [0.5, 0.6) is 0 Å². The van der Waals surface area contributed by atoms with Gasteiger partial charge in [-0.1, -0.05) is 23.9 Å². The Labute approximate surface area is 121 Å². The zero-order valence-corrected chi connectivity index (χ0v) is 11.9. The predicted octanol–water partition coefficient (Wildman–Crippen LogP) is 2.84. The number of carbonyl (C=O) groups is 1. The number of halogens is 2. The summed E-state index contributed by atoms with van der Waals surface area (Å²) in [4.78, 5) is 14.2. The van der Waals surface area contributed by atoms with E-state index in [-0.39, 0.29) is 12.0 Å². The van der Waals surface area contributed by atoms with Crippen molar-refractivity contribution in [1.29, 1.82) is 0 Å². The summed E-state index contributed by atoms with van der Waals surface area (Å²) in [5, 5.41) is 9.24. The van der Waals surface area contributed by atoms with Gasteiger partial charge in [0.05, 0.1) is 11.7 Å². The molecule has 0 spiro atoms. The van der Waals surface area contributed by atoms with Gasteiger partial charge in [-0.05, 0) is 30.9 Å². The quantitative estimate of drug-likeness (QED) is 0.850. The zero-order chi connectivity index (χ0) is 14.7. The van der Waals surface area contributed by atoms with Gasteiger partial charge >= 0.3 is 0 Å². The van der Waals surface area contributed by atoms with Crippen molar-refractivity contribution in [3.8, 4) is 0 Å². The Morgan fingerprint density at radius 1 is 1.45 bits per heavy atom. The highest BCUT2D eigenvalue weighted by Crippen LogP contribution is 2.31. The number of thioether (sulfide) groups is 1. The fourth-order valence-electron chi connectivity index (χ4n) is 2.37. The summed E-state index contributed by atoms with van der Waals surface area (Å²) in [6.07, 6.45) is 1.14. The number of rotatable bonds is 5. The number of aliphatic hydroxyl groups is 1. The Kier molecular flexibility index (Phi) is 4.99. The van der Waals surface area contributed by atoms with Gasteiger partial charge < -0.3 is 10.0 Å². The molecule has 2 rings (SSSR count). The van der Waals surface area contributed by atoms with Crippen molar-refractivity contribution in [2.24, 2.45) is 5.92 Å². The van der Waals surface area contributed by atoms with E-state index in [1.165, 1.54) is 6.07 Å². The standard InChI is InChI=1S/C14H17F2NO2S/c1-17(8-9-6-10(18)7-9)13(19)11-4-2-3-5-12(11)20-14(15)16/h2-5,9-10,14,18H,6-8H2,1H3. The molecule has 1 amide bonds. The number of nitrogens with zero attached hydrogens (tertiary/aromatic N) is 1. The molecule has 1 aliphatic carbocycles. The van der Waals surface area contributed by atoms with Gasteiger partial charge in [-0.3, -0.25) is 4.79 Å². The zero-order valence-electron chi connectivity index (χ0n) is 11.1. The summed E-state index contributed by atoms with van der Waals surface area (Å²) in [5.41, 5.74) is 0.306. The molecule has 0 aliphatic heterocycles. The van der Waals surface area contributed by atoms with Crippen LogP contribution >= 0.6 is 11.8 Å². The number of alkyl halides is 2. The minimum absolute atomic E-state index is 0.255. The normalized spacial score (nSPS) is 21.6. The topological polar surface area (TPSA) is 40.5 Å². The molecule has 0 atom stereocenters. The van der Waals surface area contributed by atoms with Gasteiger partial charge in [-0.2, -0.15) is 8.78 Å². The maximum atomic E-state index is 12.5. The van der Waals surface area contributed by atoms with Crippen LogP contribution in [0.1, 0.15) is 23.2 Å². The average molecular weight is 301 g/mol. The average Bonchev–Trinajstić information content (AvgIpc) is 2.36. The van der Waals surface area contributed by atoms with E-state index in [1.54, 1.807) is 30.1 Å². The molecule has 1 N–H and O–H groups in total. The first-order chi connectivity index (χ1) is 9.47. The summed E-state index contributed by atoms with van der Waals surface area (Å²) in [5.74, 6) is -2.50. The molecule has 0 saturated heterocycles. The summed E-state index contributed by atoms with van der Waals surface area (Å²) >= 11 is 0.389. The van der Waals surface area contributed by atoms with Crippen LogP contribution in [0.15, 0.2) is 29.2 Å². The highest BCUT2D eigenvalue weighted by molar-refractivity contribution is 7.99. The van der Waals surface area contributed by atoms with Crippen LogP contribution in [0.4, 0.5) is 8.78 Å². The third-order valence-corrected chi connectivity index (χ3v) is 4.21. The fraction of sp³-hybridized carbons (Fsp3) is 0.500. The molecule has 3 nitrogen and oxygen atoms in total. The number of carbonyl (C=O) groups excluding carboxylic acids is 1. The predicted molar refractivity (Wildman–Crippen MR) is 74.0 cm³/mol. The van der Waals surface area contributed by atoms with E-state index < -0.39 is 5.76 Å². The Bertz CT molecular complexity index is 478. The van der Waals surface area contributed by atoms with Crippen molar-refractivity contribution in [1.82, 2.24) is 4.90 Å². The van der Waals surface area contributed by atoms with Crippen LogP contribution in [0.25, 0.3) is 0 Å². The first-order valence-electron chi connectivity index (χ1n) is 6.44. The smallest absolute Gasteiger partial charge is 0.288 e. The van der Waals surface area contributed by atoms with Crippen molar-refractivity contribution in [3.63, 3.8) is 0 Å². The number of hydrogen-bond acceptors (Lipinski definition) is 3. The molecule has 110 valence electrons. The molecule has 1 fully saturated rings. The van der Waals surface area contributed by atoms with Crippen LogP contribution < -0.4 is 0 Å². The molecule has 0 bridgehead atoms. The van der Waals surface area contributed by atoms with Crippen molar-refractivity contribution in [2.75, 3.05) is 13.6 Å². The van der Waals surface area contributed by atoms with Gasteiger partial charge in [0.25, 0.3) is 11.7 Å². The van der Waals surface area contributed by atoms with Crippen LogP contribution in [-0.4, -0.2) is 41.4 Å². The third kappa shape index (κ3) is 3.70. The molecular formula is C14H17F2NO2S. The molecule has 0 radical (unpaired) electrons. The lowest BCUT2D eigenvalue weighted by molar-refractivity contribution is 0.0264. The van der Waals surface area contributed by atoms with Gasteiger partial charge in [-0.15, -0.1) is 0 Å². The summed E-state index contributed by atoms with van der Waals surface area (Å²) in [6.45, 7) is 0.545. The monoisotopic (exact) mass is 301 g/mol. The molecular weight excluding hydrogens is 284 g/mol. The second kappa shape index (κ2) is 6.54. The van der Waals surface area contributed by atoms with Crippen molar-refractivity contribution in [2.45, 2.75) is 29.6 Å². The van der Waals surface area contributed by atoms with Gasteiger partial charge in [0, 0.05) is 18.5 Å². The van der Waals surface area contributed by atoms with Crippen LogP contribution in [0.2, 0.25) is 0 Å². The lowest BCUT2D eigenvalue weighted by atomic mass is 9.82. The molecule has 0 heterocycles. The van der Waals surface area contributed by atoms with Crippen LogP contribution in [0, 0.1) is 5.92 Å². The van der Waals surface area contributed by atoms with Crippen molar-refractivity contribution < 1.29 is 18.7 Å². The van der Waals surface area contributed by atoms with Crippen LogP contribution in [0.3, 0.4) is 0 Å². The molecule has 1 saturated carbocycles. The number of aliphatic hydroxyl groups excluding tert-OH is 1. The molecule has 6 heteroatoms. The highest BCUT2D eigenvalue weighted by Gasteiger charge is 2.29. The molecule has 20 heavy (non-hydrogen) atoms. The second-order valence-corrected chi connectivity index (χ2v) is 6.08. The lowest BCUT2D eigenvalue weighted by Crippen LogP contribution is -2.39. The van der Waals surface area contributed by atoms with Gasteiger partial charge in [0.2, 0.25) is 0 Å². The lowest BCUT2D eigenvalue weighted by Gasteiger charge is -2.34. The third-order valence-electron chi connectivity index (χ3n) is 3.42. The molecule has 1 aromatic rings. The molecule has 1 aromatic carbocycles. The molecule has 0 unspecified atom stereocenters. The minimum atomic E-state index is -2.55. The van der Waals surface area contributed by atoms with E-state index >= 15 is 0 Å². The first kappa shape index (κ1) is 15.3. The van der Waals surface area contributed by atoms with E-state index in [0.717, 1.165) is 0 Å². The van der Waals surface area contributed by atoms with Gasteiger partial charge in [-0.25, -0.2) is 0 Å². The number of hydrogen-bond donors (Lipinski definition) is 1. The number of amides is 1. The first-order valence-corrected chi connectivity index (χ1v) is 7.32. The maximum absolute atomic E-state index is 12.5. The second-order valence-electron chi connectivity index (χ2n) is 5.05. The summed E-state index contributed by atoms with van der Waals surface area (Å²) in [6, 6.07) is 6.41. The Balaban J connectivity index is 2.04. The highest BCUT2D eigenvalue weighted by atomic mass is 32.2. The van der Waals surface area contributed by atoms with E-state index in [9.17, 15) is 18.7 Å². The minimum Gasteiger partial charge on any atom is -0.393 e. The van der Waals surface area contributed by atoms with Crippen LogP contribution in [-0.2, 0) is 0 Å². The van der Waals surface area contributed by atoms with Crippen molar-refractivity contribution in [3.05, 3.63) is 29.8 Å². The van der Waals surface area contributed by atoms with Gasteiger partial charge in [0.15, 0.2) is 0 Å². The Hall–Kier alpha value is -1.14. The summed E-state index contributed by atoms with van der Waals surface area (Å²) in [7, 11) is 1.66. The van der Waals surface area contributed by atoms with E-state index in [2.05, 4.69) is 0 Å². The Morgan fingerprint density at radius 2 is 2.10 bits per heavy atom. The SMILES string of the molecule is CN(CC1CC(O)C1)C(=O)c1ccccc1SC(F)F. The van der Waals surface area contributed by atoms with E-state index in [1.807, 2.05) is 0 Å². The van der Waals surface area contributed by atoms with E-state index in [0.29, 0.717) is 47.5 Å². The Morgan fingerprint density at radius 3 is 2.70 bits per heavy atom. The van der Waals surface area contributed by atoms with E-state index in [4.69, 9.17) is 0 Å². The largest absolute Gasteiger partial charge is 0.393 e. The fourth-order valence-corrected chi connectivity index (χ4v) is 3.00.